The first-order valence-corrected chi connectivity index (χ1v) is 6.15. The van der Waals surface area contributed by atoms with Gasteiger partial charge in [-0.2, -0.15) is 13.2 Å². The fourth-order valence-electron chi connectivity index (χ4n) is 1.70. The Balaban J connectivity index is 2.28. The highest BCUT2D eigenvalue weighted by Gasteiger charge is 2.30. The SMILES string of the molecule is Cc1cc(Nc2ccc(C(F)(F)F)cc2Cl)ccc1N. The molecule has 0 amide bonds. The van der Waals surface area contributed by atoms with Gasteiger partial charge in [-0.3, -0.25) is 0 Å². The number of hydrogen-bond donors (Lipinski definition) is 2. The van der Waals surface area contributed by atoms with Crippen molar-refractivity contribution in [2.75, 3.05) is 11.1 Å². The van der Waals surface area contributed by atoms with E-state index in [1.54, 1.807) is 18.2 Å². The highest BCUT2D eigenvalue weighted by molar-refractivity contribution is 6.33. The number of nitrogens with two attached hydrogens (primary N) is 1. The molecule has 2 aromatic carbocycles. The Labute approximate surface area is 119 Å². The highest BCUT2D eigenvalue weighted by atomic mass is 35.5. The molecule has 0 heterocycles. The van der Waals surface area contributed by atoms with Crippen molar-refractivity contribution in [1.82, 2.24) is 0 Å². The number of hydrogen-bond acceptors (Lipinski definition) is 2. The predicted octanol–water partition coefficient (Wildman–Crippen LogP) is 4.99. The number of benzene rings is 2. The zero-order chi connectivity index (χ0) is 14.9. The van der Waals surface area contributed by atoms with Crippen molar-refractivity contribution >= 4 is 28.7 Å². The molecular weight excluding hydrogens is 289 g/mol. The molecule has 20 heavy (non-hydrogen) atoms. The van der Waals surface area contributed by atoms with Gasteiger partial charge < -0.3 is 11.1 Å². The number of anilines is 3. The average molecular weight is 301 g/mol. The van der Waals surface area contributed by atoms with Crippen LogP contribution in [0.5, 0.6) is 0 Å². The second kappa shape index (κ2) is 5.25. The van der Waals surface area contributed by atoms with Gasteiger partial charge in [-0.1, -0.05) is 11.6 Å². The maximum atomic E-state index is 12.5. The summed E-state index contributed by atoms with van der Waals surface area (Å²) in [5.41, 5.74) is 7.56. The van der Waals surface area contributed by atoms with Gasteiger partial charge in [0.05, 0.1) is 16.3 Å². The fraction of sp³-hybridized carbons (Fsp3) is 0.143. The van der Waals surface area contributed by atoms with Crippen LogP contribution in [0.15, 0.2) is 36.4 Å². The molecule has 0 saturated heterocycles. The quantitative estimate of drug-likeness (QED) is 0.767. The second-order valence-electron chi connectivity index (χ2n) is 4.39. The summed E-state index contributed by atoms with van der Waals surface area (Å²) in [6.45, 7) is 1.84. The zero-order valence-corrected chi connectivity index (χ0v) is 11.3. The Morgan fingerprint density at radius 3 is 2.35 bits per heavy atom. The lowest BCUT2D eigenvalue weighted by Crippen LogP contribution is -2.05. The molecule has 0 aliphatic rings. The van der Waals surface area contributed by atoms with E-state index in [4.69, 9.17) is 17.3 Å². The summed E-state index contributed by atoms with van der Waals surface area (Å²) in [6, 6.07) is 8.43. The Morgan fingerprint density at radius 1 is 1.10 bits per heavy atom. The number of halogens is 4. The lowest BCUT2D eigenvalue weighted by molar-refractivity contribution is -0.137. The zero-order valence-electron chi connectivity index (χ0n) is 10.6. The van der Waals surface area contributed by atoms with Gasteiger partial charge in [-0.05, 0) is 48.9 Å². The lowest BCUT2D eigenvalue weighted by Gasteiger charge is -2.12. The molecule has 0 saturated carbocycles. The van der Waals surface area contributed by atoms with Gasteiger partial charge in [0.2, 0.25) is 0 Å². The number of nitrogen functional groups attached to an aromatic ring is 1. The first-order chi connectivity index (χ1) is 9.27. The highest BCUT2D eigenvalue weighted by Crippen LogP contribution is 2.34. The molecule has 0 bridgehead atoms. The third-order valence-corrected chi connectivity index (χ3v) is 3.16. The van der Waals surface area contributed by atoms with Crippen LogP contribution in [-0.4, -0.2) is 0 Å². The number of rotatable bonds is 2. The average Bonchev–Trinajstić information content (AvgIpc) is 2.35. The van der Waals surface area contributed by atoms with Crippen LogP contribution in [0, 0.1) is 6.92 Å². The molecule has 0 spiro atoms. The smallest absolute Gasteiger partial charge is 0.399 e. The van der Waals surface area contributed by atoms with Crippen molar-refractivity contribution in [3.8, 4) is 0 Å². The van der Waals surface area contributed by atoms with Crippen LogP contribution in [0.25, 0.3) is 0 Å². The molecule has 0 atom stereocenters. The standard InChI is InChI=1S/C14H12ClF3N2/c1-8-6-10(3-4-12(8)19)20-13-5-2-9(7-11(13)15)14(16,17)18/h2-7,20H,19H2,1H3. The largest absolute Gasteiger partial charge is 0.416 e. The summed E-state index contributed by atoms with van der Waals surface area (Å²) < 4.78 is 37.6. The molecule has 0 radical (unpaired) electrons. The minimum atomic E-state index is -4.40. The van der Waals surface area contributed by atoms with Gasteiger partial charge >= 0.3 is 6.18 Å². The van der Waals surface area contributed by atoms with Crippen molar-refractivity contribution in [2.45, 2.75) is 13.1 Å². The molecule has 0 aliphatic carbocycles. The van der Waals surface area contributed by atoms with Gasteiger partial charge in [0.1, 0.15) is 0 Å². The van der Waals surface area contributed by atoms with E-state index in [1.807, 2.05) is 6.92 Å². The molecule has 2 nitrogen and oxygen atoms in total. The Morgan fingerprint density at radius 2 is 1.80 bits per heavy atom. The molecule has 6 heteroatoms. The van der Waals surface area contributed by atoms with E-state index >= 15 is 0 Å². The van der Waals surface area contributed by atoms with E-state index in [2.05, 4.69) is 5.32 Å². The molecule has 0 aliphatic heterocycles. The van der Waals surface area contributed by atoms with Crippen molar-refractivity contribution in [3.63, 3.8) is 0 Å². The van der Waals surface area contributed by atoms with Gasteiger partial charge in [-0.15, -0.1) is 0 Å². The second-order valence-corrected chi connectivity index (χ2v) is 4.80. The van der Waals surface area contributed by atoms with E-state index in [9.17, 15) is 13.2 Å². The first-order valence-electron chi connectivity index (χ1n) is 5.77. The molecule has 0 aromatic heterocycles. The van der Waals surface area contributed by atoms with E-state index in [1.165, 1.54) is 6.07 Å². The third kappa shape index (κ3) is 3.17. The van der Waals surface area contributed by atoms with Crippen LogP contribution >= 0.6 is 11.6 Å². The van der Waals surface area contributed by atoms with E-state index < -0.39 is 11.7 Å². The number of aryl methyl sites for hydroxylation is 1. The molecule has 2 aromatic rings. The maximum Gasteiger partial charge on any atom is 0.416 e. The van der Waals surface area contributed by atoms with Gasteiger partial charge in [0.15, 0.2) is 0 Å². The monoisotopic (exact) mass is 300 g/mol. The number of nitrogens with one attached hydrogen (secondary N) is 1. The van der Waals surface area contributed by atoms with Crippen molar-refractivity contribution in [3.05, 3.63) is 52.5 Å². The Kier molecular flexibility index (Phi) is 3.81. The normalized spacial score (nSPS) is 11.4. The summed E-state index contributed by atoms with van der Waals surface area (Å²) in [4.78, 5) is 0. The summed E-state index contributed by atoms with van der Waals surface area (Å²) >= 11 is 5.87. The summed E-state index contributed by atoms with van der Waals surface area (Å²) in [5.74, 6) is 0. The maximum absolute atomic E-state index is 12.5. The van der Waals surface area contributed by atoms with Gasteiger partial charge in [0, 0.05) is 11.4 Å². The fourth-order valence-corrected chi connectivity index (χ4v) is 1.93. The number of alkyl halides is 3. The van der Waals surface area contributed by atoms with Crippen LogP contribution in [0.4, 0.5) is 30.2 Å². The van der Waals surface area contributed by atoms with Crippen molar-refractivity contribution in [2.24, 2.45) is 0 Å². The summed E-state index contributed by atoms with van der Waals surface area (Å²) in [7, 11) is 0. The molecule has 0 unspecified atom stereocenters. The lowest BCUT2D eigenvalue weighted by atomic mass is 10.1. The van der Waals surface area contributed by atoms with E-state index in [-0.39, 0.29) is 5.02 Å². The Bertz CT molecular complexity index is 639. The van der Waals surface area contributed by atoms with Crippen LogP contribution in [0.2, 0.25) is 5.02 Å². The molecule has 106 valence electrons. The molecule has 0 fully saturated rings. The third-order valence-electron chi connectivity index (χ3n) is 2.85. The minimum absolute atomic E-state index is 0.00861. The van der Waals surface area contributed by atoms with Gasteiger partial charge in [-0.25, -0.2) is 0 Å². The first kappa shape index (κ1) is 14.5. The molecule has 2 rings (SSSR count). The van der Waals surface area contributed by atoms with Gasteiger partial charge in [0.25, 0.3) is 0 Å². The minimum Gasteiger partial charge on any atom is -0.399 e. The van der Waals surface area contributed by atoms with Crippen LogP contribution < -0.4 is 11.1 Å². The van der Waals surface area contributed by atoms with Crippen molar-refractivity contribution < 1.29 is 13.2 Å². The molecular formula is C14H12ClF3N2. The predicted molar refractivity (Wildman–Crippen MR) is 75.3 cm³/mol. The van der Waals surface area contributed by atoms with Crippen LogP contribution in [-0.2, 0) is 6.18 Å². The Hall–Kier alpha value is -1.88. The topological polar surface area (TPSA) is 38.0 Å². The summed E-state index contributed by atoms with van der Waals surface area (Å²) in [6.07, 6.45) is -4.40. The van der Waals surface area contributed by atoms with E-state index in [0.717, 1.165) is 17.7 Å². The van der Waals surface area contributed by atoms with Crippen LogP contribution in [0.3, 0.4) is 0 Å². The molecule has 3 N–H and O–H groups in total. The van der Waals surface area contributed by atoms with Crippen LogP contribution in [0.1, 0.15) is 11.1 Å². The summed E-state index contributed by atoms with van der Waals surface area (Å²) in [5, 5.41) is 2.97. The van der Waals surface area contributed by atoms with E-state index in [0.29, 0.717) is 17.1 Å². The van der Waals surface area contributed by atoms with Crippen molar-refractivity contribution in [1.29, 1.82) is 0 Å².